The Kier molecular flexibility index (Phi) is 8.14. The molecule has 4 aromatic heterocycles. The third kappa shape index (κ3) is 5.63. The zero-order valence-electron chi connectivity index (χ0n) is 25.5. The number of nitrogens with zero attached hydrogens (tertiary/aromatic N) is 3. The second-order valence-electron chi connectivity index (χ2n) is 12.8. The highest BCUT2D eigenvalue weighted by Gasteiger charge is 2.30. The van der Waals surface area contributed by atoms with Crippen molar-refractivity contribution < 1.29 is 14.7 Å². The molecule has 7 rings (SSSR count). The van der Waals surface area contributed by atoms with E-state index >= 15 is 0 Å². The van der Waals surface area contributed by atoms with E-state index in [0.717, 1.165) is 79.3 Å². The van der Waals surface area contributed by atoms with Crippen LogP contribution < -0.4 is 0 Å². The summed E-state index contributed by atoms with van der Waals surface area (Å²) >= 11 is 3.05. The summed E-state index contributed by atoms with van der Waals surface area (Å²) in [6.07, 6.45) is 12.3. The molecule has 0 aliphatic heterocycles. The summed E-state index contributed by atoms with van der Waals surface area (Å²) in [5, 5.41) is 12.0. The first-order chi connectivity index (χ1) is 21.4. The highest BCUT2D eigenvalue weighted by atomic mass is 32.1. The minimum atomic E-state index is -0.901. The number of aromatic nitrogens is 3. The number of hydrogen-bond donors (Lipinski definition) is 1. The summed E-state index contributed by atoms with van der Waals surface area (Å²) in [6.45, 7) is 4.34. The van der Waals surface area contributed by atoms with Gasteiger partial charge in [0.2, 0.25) is 0 Å². The monoisotopic (exact) mass is 625 g/mol. The van der Waals surface area contributed by atoms with Crippen LogP contribution in [0.15, 0.2) is 36.4 Å². The van der Waals surface area contributed by atoms with Crippen molar-refractivity contribution in [1.82, 2.24) is 14.5 Å². The van der Waals surface area contributed by atoms with Gasteiger partial charge in [-0.05, 0) is 73.9 Å². The molecule has 4 heterocycles. The number of fused-ring (bicyclic) bond motifs is 2. The number of carboxylic acid groups (broad SMARTS) is 1. The van der Waals surface area contributed by atoms with Crippen LogP contribution >= 0.6 is 22.7 Å². The Hall–Kier alpha value is -3.36. The smallest absolute Gasteiger partial charge is 0.345 e. The predicted octanol–water partition coefficient (Wildman–Crippen LogP) is 9.94. The molecule has 2 saturated carbocycles. The SMILES string of the molecule is Cc1nc(C)c(-c2ccc3cc(-c4c(C5CCCCC5)c5sc(C(=O)O)cc5n4CC(=O)CC4CCCCC4)ccc3n2)s1. The molecule has 0 bridgehead atoms. The van der Waals surface area contributed by atoms with E-state index in [1.807, 2.05) is 13.8 Å². The van der Waals surface area contributed by atoms with E-state index in [0.29, 0.717) is 23.1 Å². The molecule has 6 nitrogen and oxygen atoms in total. The lowest BCUT2D eigenvalue weighted by molar-refractivity contribution is -0.120. The lowest BCUT2D eigenvalue weighted by Gasteiger charge is -2.24. The standard InChI is InChI=1S/C36H39N3O3S2/c1-21-34(43-22(2)37-21)29-16-13-25-18-26(14-15-28(25)38-29)33-32(24-11-7-4-8-12-24)35-30(19-31(44-35)36(41)42)39(33)20-27(40)17-23-9-5-3-6-10-23/h13-16,18-19,23-24H,3-12,17,20H2,1-2H3,(H,41,42). The second-order valence-corrected chi connectivity index (χ2v) is 15.1. The fraction of sp³-hybridized carbons (Fsp3) is 0.444. The van der Waals surface area contributed by atoms with E-state index in [9.17, 15) is 14.7 Å². The van der Waals surface area contributed by atoms with Crippen molar-refractivity contribution in [2.45, 2.75) is 96.9 Å². The number of hydrogen-bond acceptors (Lipinski definition) is 6. The number of thiophene rings is 1. The highest BCUT2D eigenvalue weighted by Crippen LogP contribution is 2.47. The van der Waals surface area contributed by atoms with Gasteiger partial charge < -0.3 is 9.67 Å². The molecule has 0 radical (unpaired) electrons. The van der Waals surface area contributed by atoms with Crippen molar-refractivity contribution in [3.05, 3.63) is 57.5 Å². The average Bonchev–Trinajstić information content (AvgIpc) is 3.69. The molecule has 8 heteroatoms. The summed E-state index contributed by atoms with van der Waals surface area (Å²) in [5.41, 5.74) is 7.17. The zero-order chi connectivity index (χ0) is 30.4. The average molecular weight is 626 g/mol. The third-order valence-electron chi connectivity index (χ3n) is 9.67. The lowest BCUT2D eigenvalue weighted by atomic mass is 9.83. The van der Waals surface area contributed by atoms with Gasteiger partial charge >= 0.3 is 5.97 Å². The van der Waals surface area contributed by atoms with E-state index < -0.39 is 5.97 Å². The van der Waals surface area contributed by atoms with Gasteiger partial charge in [-0.1, -0.05) is 63.5 Å². The van der Waals surface area contributed by atoms with E-state index in [4.69, 9.17) is 4.98 Å². The van der Waals surface area contributed by atoms with Crippen molar-refractivity contribution in [1.29, 1.82) is 0 Å². The molecule has 44 heavy (non-hydrogen) atoms. The summed E-state index contributed by atoms with van der Waals surface area (Å²) in [5.74, 6) is 0.162. The van der Waals surface area contributed by atoms with Gasteiger partial charge in [0.15, 0.2) is 5.78 Å². The van der Waals surface area contributed by atoms with Crippen molar-refractivity contribution >= 4 is 55.5 Å². The first kappa shape index (κ1) is 29.4. The van der Waals surface area contributed by atoms with Crippen LogP contribution in [0.4, 0.5) is 0 Å². The Bertz CT molecular complexity index is 1870. The Balaban J connectivity index is 1.36. The van der Waals surface area contributed by atoms with Crippen LogP contribution in [-0.2, 0) is 11.3 Å². The largest absolute Gasteiger partial charge is 0.477 e. The molecule has 2 fully saturated rings. The van der Waals surface area contributed by atoms with E-state index in [1.165, 1.54) is 55.4 Å². The number of benzene rings is 1. The molecule has 1 N–H and O–H groups in total. The molecular formula is C36H39N3O3S2. The predicted molar refractivity (Wildman–Crippen MR) is 180 cm³/mol. The number of thiazole rings is 1. The Morgan fingerprint density at radius 2 is 1.66 bits per heavy atom. The van der Waals surface area contributed by atoms with Gasteiger partial charge in [0.1, 0.15) is 4.88 Å². The number of ketones is 1. The third-order valence-corrected chi connectivity index (χ3v) is 11.9. The van der Waals surface area contributed by atoms with E-state index in [2.05, 4.69) is 39.9 Å². The van der Waals surface area contributed by atoms with E-state index in [-0.39, 0.29) is 12.3 Å². The molecule has 5 aromatic rings. The van der Waals surface area contributed by atoms with Gasteiger partial charge in [0.25, 0.3) is 0 Å². The van der Waals surface area contributed by atoms with Crippen molar-refractivity contribution in [3.63, 3.8) is 0 Å². The maximum atomic E-state index is 13.7. The summed E-state index contributed by atoms with van der Waals surface area (Å²) in [6, 6.07) is 12.5. The lowest BCUT2D eigenvalue weighted by Crippen LogP contribution is -2.17. The van der Waals surface area contributed by atoms with Crippen molar-refractivity contribution in [2.75, 3.05) is 0 Å². The van der Waals surface area contributed by atoms with Crippen molar-refractivity contribution in [3.8, 4) is 21.8 Å². The molecule has 228 valence electrons. The van der Waals surface area contributed by atoms with Crippen LogP contribution in [0.25, 0.3) is 42.9 Å². The summed E-state index contributed by atoms with van der Waals surface area (Å²) in [4.78, 5) is 36.9. The maximum Gasteiger partial charge on any atom is 0.345 e. The topological polar surface area (TPSA) is 85.1 Å². The zero-order valence-corrected chi connectivity index (χ0v) is 27.2. The molecule has 0 atom stereocenters. The summed E-state index contributed by atoms with van der Waals surface area (Å²) in [7, 11) is 0. The minimum Gasteiger partial charge on any atom is -0.477 e. The Morgan fingerprint density at radius 1 is 0.909 bits per heavy atom. The van der Waals surface area contributed by atoms with Gasteiger partial charge in [-0.15, -0.1) is 22.7 Å². The second kappa shape index (κ2) is 12.2. The molecule has 0 spiro atoms. The van der Waals surface area contributed by atoms with Crippen LogP contribution in [0.2, 0.25) is 0 Å². The molecule has 2 aliphatic carbocycles. The van der Waals surface area contributed by atoms with Crippen LogP contribution in [0.3, 0.4) is 0 Å². The van der Waals surface area contributed by atoms with Crippen molar-refractivity contribution in [2.24, 2.45) is 5.92 Å². The molecule has 1 aromatic carbocycles. The fourth-order valence-corrected chi connectivity index (χ4v) is 9.64. The quantitative estimate of drug-likeness (QED) is 0.185. The van der Waals surface area contributed by atoms with Crippen LogP contribution in [0, 0.1) is 19.8 Å². The van der Waals surface area contributed by atoms with Gasteiger partial charge in [-0.3, -0.25) is 4.79 Å². The number of carbonyl (C=O) groups is 2. The number of rotatable bonds is 8. The van der Waals surface area contributed by atoms with Gasteiger partial charge in [-0.2, -0.15) is 0 Å². The first-order valence-electron chi connectivity index (χ1n) is 16.1. The molecular weight excluding hydrogens is 587 g/mol. The van der Waals surface area contributed by atoms with Gasteiger partial charge in [-0.25, -0.2) is 14.8 Å². The Labute approximate surface area is 266 Å². The first-order valence-corrected chi connectivity index (χ1v) is 17.8. The maximum absolute atomic E-state index is 13.7. The normalized spacial score (nSPS) is 16.7. The Morgan fingerprint density at radius 3 is 2.36 bits per heavy atom. The number of aryl methyl sites for hydroxylation is 2. The van der Waals surface area contributed by atoms with Gasteiger partial charge in [0, 0.05) is 11.8 Å². The summed E-state index contributed by atoms with van der Waals surface area (Å²) < 4.78 is 3.21. The molecule has 0 amide bonds. The van der Waals surface area contributed by atoms with Gasteiger partial charge in [0.05, 0.1) is 49.2 Å². The van der Waals surface area contributed by atoms with Crippen LogP contribution in [-0.4, -0.2) is 31.4 Å². The molecule has 0 saturated heterocycles. The van der Waals surface area contributed by atoms with E-state index in [1.54, 1.807) is 17.4 Å². The fourth-order valence-electron chi connectivity index (χ4n) is 7.62. The molecule has 0 unspecified atom stereocenters. The number of carbonyl (C=O) groups excluding carboxylic acids is 1. The van der Waals surface area contributed by atoms with Crippen LogP contribution in [0.5, 0.6) is 0 Å². The van der Waals surface area contributed by atoms with Crippen LogP contribution in [0.1, 0.15) is 102 Å². The number of pyridine rings is 1. The number of Topliss-reactive ketones (excluding diaryl/α,β-unsaturated/α-hetero) is 1. The highest BCUT2D eigenvalue weighted by molar-refractivity contribution is 7.21. The number of aromatic carboxylic acids is 1. The molecule has 2 aliphatic rings. The number of carboxylic acids is 1. The minimum absolute atomic E-state index is 0.246.